The molecule has 2 aromatic rings. The van der Waals surface area contributed by atoms with Gasteiger partial charge in [0.2, 0.25) is 0 Å². The normalized spacial score (nSPS) is 10.4. The van der Waals surface area contributed by atoms with Gasteiger partial charge in [0.25, 0.3) is 0 Å². The molecule has 0 bridgehead atoms. The molecule has 4 nitrogen and oxygen atoms in total. The van der Waals surface area contributed by atoms with Crippen LogP contribution < -0.4 is 5.73 Å². The van der Waals surface area contributed by atoms with Crippen LogP contribution in [-0.2, 0) is 0 Å². The van der Waals surface area contributed by atoms with Gasteiger partial charge in [0.1, 0.15) is 5.75 Å². The van der Waals surface area contributed by atoms with Gasteiger partial charge >= 0.3 is 5.97 Å². The van der Waals surface area contributed by atoms with Gasteiger partial charge in [-0.25, -0.2) is 4.79 Å². The predicted octanol–water partition coefficient (Wildman–Crippen LogP) is 1.83. The Morgan fingerprint density at radius 1 is 1.20 bits per heavy atom. The smallest absolute Gasteiger partial charge is 0.335 e. The molecule has 0 fully saturated rings. The third kappa shape index (κ3) is 1.57. The Kier molecular flexibility index (Phi) is 1.97. The van der Waals surface area contributed by atoms with Crippen LogP contribution in [0.3, 0.4) is 0 Å². The summed E-state index contributed by atoms with van der Waals surface area (Å²) in [6.07, 6.45) is 0. The van der Waals surface area contributed by atoms with Crippen molar-refractivity contribution in [2.45, 2.75) is 0 Å². The molecule has 2 rings (SSSR count). The summed E-state index contributed by atoms with van der Waals surface area (Å²) in [5.74, 6) is -1.13. The quantitative estimate of drug-likeness (QED) is 0.617. The van der Waals surface area contributed by atoms with Crippen LogP contribution in [0, 0.1) is 0 Å². The number of hydrogen-bond acceptors (Lipinski definition) is 3. The van der Waals surface area contributed by atoms with Crippen LogP contribution in [0.1, 0.15) is 10.4 Å². The van der Waals surface area contributed by atoms with Gasteiger partial charge in [0, 0.05) is 11.1 Å². The molecule has 0 spiro atoms. The first kappa shape index (κ1) is 9.33. The molecule has 4 heteroatoms. The van der Waals surface area contributed by atoms with Gasteiger partial charge in [0.05, 0.1) is 5.56 Å². The molecule has 0 heterocycles. The first-order chi connectivity index (χ1) is 7.08. The summed E-state index contributed by atoms with van der Waals surface area (Å²) in [5, 5.41) is 19.6. The van der Waals surface area contributed by atoms with Crippen molar-refractivity contribution in [1.82, 2.24) is 0 Å². The van der Waals surface area contributed by atoms with Gasteiger partial charge < -0.3 is 15.9 Å². The maximum absolute atomic E-state index is 10.7. The predicted molar refractivity (Wildman–Crippen MR) is 57.0 cm³/mol. The first-order valence-corrected chi connectivity index (χ1v) is 4.33. The van der Waals surface area contributed by atoms with Crippen molar-refractivity contribution in [3.8, 4) is 5.75 Å². The summed E-state index contributed by atoms with van der Waals surface area (Å²) in [4.78, 5) is 10.7. The Hall–Kier alpha value is -2.23. The topological polar surface area (TPSA) is 83.5 Å². The van der Waals surface area contributed by atoms with E-state index in [0.717, 1.165) is 0 Å². The number of nitrogens with two attached hydrogens (primary N) is 1. The van der Waals surface area contributed by atoms with E-state index in [9.17, 15) is 9.90 Å². The van der Waals surface area contributed by atoms with E-state index in [-0.39, 0.29) is 11.3 Å². The molecule has 0 aromatic heterocycles. The minimum Gasteiger partial charge on any atom is -0.507 e. The molecule has 0 radical (unpaired) electrons. The Morgan fingerprint density at radius 3 is 2.60 bits per heavy atom. The van der Waals surface area contributed by atoms with E-state index in [4.69, 9.17) is 10.8 Å². The summed E-state index contributed by atoms with van der Waals surface area (Å²) in [5.41, 5.74) is 6.15. The molecule has 0 aliphatic heterocycles. The highest BCUT2D eigenvalue weighted by Gasteiger charge is 2.08. The number of carboxylic acid groups (broad SMARTS) is 1. The van der Waals surface area contributed by atoms with Crippen LogP contribution in [-0.4, -0.2) is 16.2 Å². The zero-order valence-electron chi connectivity index (χ0n) is 7.77. The van der Waals surface area contributed by atoms with Crippen LogP contribution in [0.2, 0.25) is 0 Å². The number of carboxylic acids is 1. The maximum Gasteiger partial charge on any atom is 0.335 e. The summed E-state index contributed by atoms with van der Waals surface area (Å²) >= 11 is 0. The number of benzene rings is 2. The Bertz CT molecular complexity index is 549. The highest BCUT2D eigenvalue weighted by atomic mass is 16.4. The van der Waals surface area contributed by atoms with Crippen LogP contribution in [0.25, 0.3) is 10.8 Å². The lowest BCUT2D eigenvalue weighted by Gasteiger charge is -2.04. The lowest BCUT2D eigenvalue weighted by molar-refractivity contribution is 0.0696. The summed E-state index contributed by atoms with van der Waals surface area (Å²) in [6.45, 7) is 0. The minimum absolute atomic E-state index is 0.0469. The van der Waals surface area contributed by atoms with Crippen LogP contribution in [0.15, 0.2) is 30.3 Å². The molecule has 76 valence electrons. The number of nitrogen functional groups attached to an aromatic ring is 1. The molecule has 15 heavy (non-hydrogen) atoms. The van der Waals surface area contributed by atoms with E-state index in [1.165, 1.54) is 12.1 Å². The van der Waals surface area contributed by atoms with E-state index in [1.54, 1.807) is 18.2 Å². The number of carbonyl (C=O) groups is 1. The maximum atomic E-state index is 10.7. The molecule has 0 atom stereocenters. The lowest BCUT2D eigenvalue weighted by atomic mass is 10.1. The first-order valence-electron chi connectivity index (χ1n) is 4.33. The Balaban J connectivity index is 2.79. The van der Waals surface area contributed by atoms with Gasteiger partial charge in [0.15, 0.2) is 0 Å². The standard InChI is InChI=1S/C11H9NO3/c12-8-1-2-9-6(4-8)3-7(11(14)15)5-10(9)13/h1-5,13H,12H2,(H,14,15). The fourth-order valence-corrected chi connectivity index (χ4v) is 1.49. The highest BCUT2D eigenvalue weighted by molar-refractivity contribution is 5.98. The number of aromatic hydroxyl groups is 1. The zero-order chi connectivity index (χ0) is 11.0. The minimum atomic E-state index is -1.07. The molecule has 0 saturated heterocycles. The van der Waals surface area contributed by atoms with Crippen molar-refractivity contribution in [3.05, 3.63) is 35.9 Å². The SMILES string of the molecule is Nc1ccc2c(O)cc(C(=O)O)cc2c1. The van der Waals surface area contributed by atoms with Gasteiger partial charge in [-0.3, -0.25) is 0 Å². The molecule has 0 aliphatic rings. The highest BCUT2D eigenvalue weighted by Crippen LogP contribution is 2.27. The second-order valence-electron chi connectivity index (χ2n) is 3.28. The van der Waals surface area contributed by atoms with Crippen LogP contribution >= 0.6 is 0 Å². The largest absolute Gasteiger partial charge is 0.507 e. The van der Waals surface area contributed by atoms with Crippen molar-refractivity contribution in [2.75, 3.05) is 5.73 Å². The number of rotatable bonds is 1. The molecule has 0 unspecified atom stereocenters. The Morgan fingerprint density at radius 2 is 1.93 bits per heavy atom. The molecule has 0 aliphatic carbocycles. The van der Waals surface area contributed by atoms with Crippen molar-refractivity contribution in [2.24, 2.45) is 0 Å². The summed E-state index contributed by atoms with van der Waals surface area (Å²) in [6, 6.07) is 7.64. The average molecular weight is 203 g/mol. The van der Waals surface area contributed by atoms with E-state index < -0.39 is 5.97 Å². The van der Waals surface area contributed by atoms with Crippen molar-refractivity contribution in [1.29, 1.82) is 0 Å². The fraction of sp³-hybridized carbons (Fsp3) is 0. The number of hydrogen-bond donors (Lipinski definition) is 3. The van der Waals surface area contributed by atoms with Crippen LogP contribution in [0.4, 0.5) is 5.69 Å². The number of phenols is 1. The van der Waals surface area contributed by atoms with Gasteiger partial charge in [-0.15, -0.1) is 0 Å². The second kappa shape index (κ2) is 3.16. The third-order valence-electron chi connectivity index (χ3n) is 2.20. The molecular formula is C11H9NO3. The van der Waals surface area contributed by atoms with E-state index in [2.05, 4.69) is 0 Å². The molecule has 4 N–H and O–H groups in total. The Labute approximate surface area is 85.6 Å². The third-order valence-corrected chi connectivity index (χ3v) is 2.20. The number of fused-ring (bicyclic) bond motifs is 1. The number of anilines is 1. The molecule has 0 saturated carbocycles. The molecule has 0 amide bonds. The van der Waals surface area contributed by atoms with E-state index >= 15 is 0 Å². The van der Waals surface area contributed by atoms with Crippen LogP contribution in [0.5, 0.6) is 5.75 Å². The zero-order valence-corrected chi connectivity index (χ0v) is 7.77. The van der Waals surface area contributed by atoms with Gasteiger partial charge in [-0.2, -0.15) is 0 Å². The molecule has 2 aromatic carbocycles. The second-order valence-corrected chi connectivity index (χ2v) is 3.28. The van der Waals surface area contributed by atoms with E-state index in [1.807, 2.05) is 0 Å². The van der Waals surface area contributed by atoms with Crippen molar-refractivity contribution < 1.29 is 15.0 Å². The fourth-order valence-electron chi connectivity index (χ4n) is 1.49. The van der Waals surface area contributed by atoms with Crippen molar-refractivity contribution >= 4 is 22.4 Å². The van der Waals surface area contributed by atoms with Gasteiger partial charge in [-0.05, 0) is 35.7 Å². The lowest BCUT2D eigenvalue weighted by Crippen LogP contribution is -1.96. The van der Waals surface area contributed by atoms with E-state index in [0.29, 0.717) is 16.5 Å². The number of aromatic carboxylic acids is 1. The molecular weight excluding hydrogens is 194 g/mol. The van der Waals surface area contributed by atoms with Crippen molar-refractivity contribution in [3.63, 3.8) is 0 Å². The summed E-state index contributed by atoms with van der Waals surface area (Å²) < 4.78 is 0. The summed E-state index contributed by atoms with van der Waals surface area (Å²) in [7, 11) is 0. The van der Waals surface area contributed by atoms with Gasteiger partial charge in [-0.1, -0.05) is 0 Å². The number of phenolic OH excluding ortho intramolecular Hbond substituents is 1. The average Bonchev–Trinajstić information content (AvgIpc) is 2.16. The monoisotopic (exact) mass is 203 g/mol.